The molecule has 2 aromatic rings. The van der Waals surface area contributed by atoms with Crippen LogP contribution in [0.3, 0.4) is 0 Å². The minimum atomic E-state index is 0.348. The van der Waals surface area contributed by atoms with Crippen LogP contribution in [0.15, 0.2) is 47.6 Å². The standard InChI is InChI=1S/C20H24ClN3O/c1-15(22-23-19-8-4-3-7-18(19)21)16-9-10-20(25)17(13-16)14-24-11-5-2-6-12-24/h3-4,7-10,13,23,25H,2,5-6,11-12,14H2,1H3/b22-15+. The number of hydrogen-bond acceptors (Lipinski definition) is 4. The summed E-state index contributed by atoms with van der Waals surface area (Å²) in [4.78, 5) is 2.40. The number of para-hydroxylation sites is 1. The van der Waals surface area contributed by atoms with Gasteiger partial charge in [0.15, 0.2) is 0 Å². The molecule has 0 saturated carbocycles. The molecule has 5 heteroatoms. The number of piperidine rings is 1. The minimum absolute atomic E-state index is 0.348. The molecule has 2 aromatic carbocycles. The third-order valence-electron chi connectivity index (χ3n) is 4.56. The van der Waals surface area contributed by atoms with Crippen molar-refractivity contribution in [1.82, 2.24) is 4.90 Å². The molecule has 1 heterocycles. The van der Waals surface area contributed by atoms with E-state index in [4.69, 9.17) is 11.6 Å². The van der Waals surface area contributed by atoms with E-state index in [1.807, 2.05) is 43.3 Å². The Bertz CT molecular complexity index is 754. The van der Waals surface area contributed by atoms with Crippen LogP contribution in [-0.4, -0.2) is 28.8 Å². The molecular formula is C20H24ClN3O. The van der Waals surface area contributed by atoms with Gasteiger partial charge in [-0.25, -0.2) is 0 Å². The zero-order chi connectivity index (χ0) is 17.6. The normalized spacial score (nSPS) is 16.0. The summed E-state index contributed by atoms with van der Waals surface area (Å²) in [6.07, 6.45) is 3.79. The molecule has 0 atom stereocenters. The van der Waals surface area contributed by atoms with Gasteiger partial charge in [-0.05, 0) is 68.8 Å². The van der Waals surface area contributed by atoms with Crippen molar-refractivity contribution < 1.29 is 5.11 Å². The van der Waals surface area contributed by atoms with Gasteiger partial charge in [0.25, 0.3) is 0 Å². The number of halogens is 1. The van der Waals surface area contributed by atoms with E-state index < -0.39 is 0 Å². The lowest BCUT2D eigenvalue weighted by molar-refractivity contribution is 0.218. The topological polar surface area (TPSA) is 47.9 Å². The summed E-state index contributed by atoms with van der Waals surface area (Å²) in [6, 6.07) is 13.2. The summed E-state index contributed by atoms with van der Waals surface area (Å²) in [5.74, 6) is 0.348. The van der Waals surface area contributed by atoms with Crippen molar-refractivity contribution in [2.45, 2.75) is 32.7 Å². The molecule has 2 N–H and O–H groups in total. The maximum Gasteiger partial charge on any atom is 0.120 e. The first-order chi connectivity index (χ1) is 12.1. The molecule has 1 fully saturated rings. The van der Waals surface area contributed by atoms with Crippen molar-refractivity contribution in [2.24, 2.45) is 5.10 Å². The average Bonchev–Trinajstić information content (AvgIpc) is 2.63. The van der Waals surface area contributed by atoms with Crippen LogP contribution >= 0.6 is 11.6 Å². The first-order valence-corrected chi connectivity index (χ1v) is 9.11. The number of anilines is 1. The molecule has 25 heavy (non-hydrogen) atoms. The number of phenolic OH excluding ortho intramolecular Hbond substituents is 1. The second-order valence-corrected chi connectivity index (χ2v) is 6.88. The Hall–Kier alpha value is -2.04. The van der Waals surface area contributed by atoms with Gasteiger partial charge in [-0.1, -0.05) is 30.2 Å². The minimum Gasteiger partial charge on any atom is -0.508 e. The quantitative estimate of drug-likeness (QED) is 0.593. The van der Waals surface area contributed by atoms with Gasteiger partial charge in [-0.15, -0.1) is 0 Å². The molecule has 0 amide bonds. The lowest BCUT2D eigenvalue weighted by Crippen LogP contribution is -2.29. The van der Waals surface area contributed by atoms with E-state index >= 15 is 0 Å². The Labute approximate surface area is 154 Å². The smallest absolute Gasteiger partial charge is 0.120 e. The van der Waals surface area contributed by atoms with Gasteiger partial charge >= 0.3 is 0 Å². The molecule has 1 aliphatic heterocycles. The molecule has 0 spiro atoms. The zero-order valence-electron chi connectivity index (χ0n) is 14.5. The van der Waals surface area contributed by atoms with Crippen LogP contribution in [0.25, 0.3) is 0 Å². The highest BCUT2D eigenvalue weighted by Gasteiger charge is 2.13. The van der Waals surface area contributed by atoms with Crippen molar-refractivity contribution in [3.8, 4) is 5.75 Å². The number of phenols is 1. The molecule has 0 bridgehead atoms. The van der Waals surface area contributed by atoms with E-state index in [-0.39, 0.29) is 0 Å². The lowest BCUT2D eigenvalue weighted by Gasteiger charge is -2.26. The Kier molecular flexibility index (Phi) is 5.95. The van der Waals surface area contributed by atoms with E-state index in [1.54, 1.807) is 6.07 Å². The van der Waals surface area contributed by atoms with Crippen LogP contribution in [0.1, 0.15) is 37.3 Å². The highest BCUT2D eigenvalue weighted by molar-refractivity contribution is 6.33. The highest BCUT2D eigenvalue weighted by atomic mass is 35.5. The van der Waals surface area contributed by atoms with E-state index in [1.165, 1.54) is 19.3 Å². The Morgan fingerprint density at radius 1 is 1.16 bits per heavy atom. The number of hydrogen-bond donors (Lipinski definition) is 2. The number of nitrogens with zero attached hydrogens (tertiary/aromatic N) is 2. The van der Waals surface area contributed by atoms with Gasteiger partial charge in [0.1, 0.15) is 5.75 Å². The zero-order valence-corrected chi connectivity index (χ0v) is 15.3. The fourth-order valence-corrected chi connectivity index (χ4v) is 3.23. The summed E-state index contributed by atoms with van der Waals surface area (Å²) >= 11 is 6.14. The number of rotatable bonds is 5. The summed E-state index contributed by atoms with van der Waals surface area (Å²) in [5.41, 5.74) is 6.57. The molecule has 0 radical (unpaired) electrons. The molecule has 3 rings (SSSR count). The van der Waals surface area contributed by atoms with Gasteiger partial charge in [-0.3, -0.25) is 10.3 Å². The highest BCUT2D eigenvalue weighted by Crippen LogP contribution is 2.23. The second kappa shape index (κ2) is 8.37. The molecule has 0 aliphatic carbocycles. The Balaban J connectivity index is 1.73. The number of nitrogens with one attached hydrogen (secondary N) is 1. The SMILES string of the molecule is C/C(=N\Nc1ccccc1Cl)c1ccc(O)c(CN2CCCCC2)c1. The van der Waals surface area contributed by atoms with Crippen molar-refractivity contribution >= 4 is 23.0 Å². The molecule has 0 unspecified atom stereocenters. The summed E-state index contributed by atoms with van der Waals surface area (Å²) < 4.78 is 0. The van der Waals surface area contributed by atoms with Crippen LogP contribution in [0.2, 0.25) is 5.02 Å². The van der Waals surface area contributed by atoms with Gasteiger partial charge in [0.2, 0.25) is 0 Å². The van der Waals surface area contributed by atoms with Crippen LogP contribution in [0.5, 0.6) is 5.75 Å². The van der Waals surface area contributed by atoms with Crippen molar-refractivity contribution in [3.63, 3.8) is 0 Å². The van der Waals surface area contributed by atoms with Crippen LogP contribution < -0.4 is 5.43 Å². The molecule has 1 saturated heterocycles. The van der Waals surface area contributed by atoms with E-state index in [0.717, 1.165) is 42.2 Å². The van der Waals surface area contributed by atoms with Crippen molar-refractivity contribution in [2.75, 3.05) is 18.5 Å². The second-order valence-electron chi connectivity index (χ2n) is 6.47. The maximum atomic E-state index is 10.2. The number of benzene rings is 2. The average molecular weight is 358 g/mol. The number of hydrazone groups is 1. The molecular weight excluding hydrogens is 334 g/mol. The van der Waals surface area contributed by atoms with Gasteiger partial charge < -0.3 is 5.11 Å². The predicted octanol–water partition coefficient (Wildman–Crippen LogP) is 4.87. The van der Waals surface area contributed by atoms with Crippen molar-refractivity contribution in [3.05, 3.63) is 58.6 Å². The summed E-state index contributed by atoms with van der Waals surface area (Å²) in [6.45, 7) is 4.93. The lowest BCUT2D eigenvalue weighted by atomic mass is 10.0. The van der Waals surface area contributed by atoms with Crippen LogP contribution in [0.4, 0.5) is 5.69 Å². The third-order valence-corrected chi connectivity index (χ3v) is 4.89. The van der Waals surface area contributed by atoms with Gasteiger partial charge in [0, 0.05) is 12.1 Å². The Morgan fingerprint density at radius 2 is 1.92 bits per heavy atom. The molecule has 0 aromatic heterocycles. The molecule has 132 valence electrons. The fraction of sp³-hybridized carbons (Fsp3) is 0.350. The fourth-order valence-electron chi connectivity index (χ4n) is 3.06. The number of aromatic hydroxyl groups is 1. The van der Waals surface area contributed by atoms with E-state index in [0.29, 0.717) is 10.8 Å². The molecule has 4 nitrogen and oxygen atoms in total. The van der Waals surface area contributed by atoms with Crippen LogP contribution in [0, 0.1) is 0 Å². The molecule has 1 aliphatic rings. The first-order valence-electron chi connectivity index (χ1n) is 8.73. The van der Waals surface area contributed by atoms with Crippen LogP contribution in [-0.2, 0) is 6.54 Å². The van der Waals surface area contributed by atoms with Gasteiger partial charge in [-0.2, -0.15) is 5.10 Å². The maximum absolute atomic E-state index is 10.2. The third kappa shape index (κ3) is 4.74. The van der Waals surface area contributed by atoms with E-state index in [9.17, 15) is 5.11 Å². The number of likely N-dealkylation sites (tertiary alicyclic amines) is 1. The summed E-state index contributed by atoms with van der Waals surface area (Å²) in [7, 11) is 0. The Morgan fingerprint density at radius 3 is 2.68 bits per heavy atom. The summed E-state index contributed by atoms with van der Waals surface area (Å²) in [5, 5.41) is 15.3. The first kappa shape index (κ1) is 17.8. The van der Waals surface area contributed by atoms with Crippen molar-refractivity contribution in [1.29, 1.82) is 0 Å². The predicted molar refractivity (Wildman–Crippen MR) is 105 cm³/mol. The van der Waals surface area contributed by atoms with Gasteiger partial charge in [0.05, 0.1) is 16.4 Å². The van der Waals surface area contributed by atoms with E-state index in [2.05, 4.69) is 15.4 Å². The monoisotopic (exact) mass is 357 g/mol. The largest absolute Gasteiger partial charge is 0.508 e.